The molecule has 4 aromatic carbocycles. The number of para-hydroxylation sites is 2. The van der Waals surface area contributed by atoms with E-state index in [2.05, 4.69) is 5.32 Å². The summed E-state index contributed by atoms with van der Waals surface area (Å²) in [6, 6.07) is 27.4. The smallest absolute Gasteiger partial charge is 0.264 e. The first-order valence-electron chi connectivity index (χ1n) is 12.1. The van der Waals surface area contributed by atoms with Crippen molar-refractivity contribution in [3.05, 3.63) is 124 Å². The number of methoxy groups -OCH3 is 1. The number of rotatable bonds is 9. The fourth-order valence-electron chi connectivity index (χ4n) is 4.15. The second kappa shape index (κ2) is 11.7. The van der Waals surface area contributed by atoms with Gasteiger partial charge in [0.05, 0.1) is 35.8 Å². The second-order valence-electron chi connectivity index (χ2n) is 8.91. The van der Waals surface area contributed by atoms with Crippen LogP contribution in [0.25, 0.3) is 0 Å². The maximum absolute atomic E-state index is 14.0. The van der Waals surface area contributed by atoms with Gasteiger partial charge in [-0.1, -0.05) is 71.8 Å². The predicted molar refractivity (Wildman–Crippen MR) is 151 cm³/mol. The lowest BCUT2D eigenvalue weighted by Crippen LogP contribution is -2.34. The molecule has 4 aromatic rings. The Hall–Kier alpha value is -3.81. The summed E-state index contributed by atoms with van der Waals surface area (Å²) in [6.45, 7) is 3.76. The number of carbonyl (C=O) groups excluding carboxylic acids is 1. The van der Waals surface area contributed by atoms with Crippen molar-refractivity contribution in [1.82, 2.24) is 5.32 Å². The molecular formula is C30H29ClN2O4S. The Bertz CT molecular complexity index is 1520. The maximum Gasteiger partial charge on any atom is 0.264 e. The Kier molecular flexibility index (Phi) is 8.39. The van der Waals surface area contributed by atoms with Gasteiger partial charge in [-0.3, -0.25) is 9.10 Å². The van der Waals surface area contributed by atoms with Crippen molar-refractivity contribution in [3.63, 3.8) is 0 Å². The van der Waals surface area contributed by atoms with Crippen molar-refractivity contribution in [2.24, 2.45) is 0 Å². The molecular weight excluding hydrogens is 520 g/mol. The Morgan fingerprint density at radius 3 is 2.24 bits per heavy atom. The Morgan fingerprint density at radius 1 is 0.921 bits per heavy atom. The van der Waals surface area contributed by atoms with Crippen molar-refractivity contribution in [2.45, 2.75) is 31.3 Å². The van der Waals surface area contributed by atoms with Crippen LogP contribution >= 0.6 is 11.6 Å². The molecule has 0 aliphatic rings. The molecule has 0 aliphatic heterocycles. The third-order valence-corrected chi connectivity index (χ3v) is 8.24. The average molecular weight is 549 g/mol. The number of anilines is 1. The van der Waals surface area contributed by atoms with Crippen LogP contribution < -0.4 is 14.4 Å². The van der Waals surface area contributed by atoms with E-state index >= 15 is 0 Å². The number of aryl methyl sites for hydroxylation is 1. The molecule has 1 N–H and O–H groups in total. The van der Waals surface area contributed by atoms with Gasteiger partial charge in [-0.05, 0) is 61.9 Å². The molecule has 0 bridgehead atoms. The zero-order chi connectivity index (χ0) is 27.3. The van der Waals surface area contributed by atoms with Gasteiger partial charge in [0, 0.05) is 10.6 Å². The van der Waals surface area contributed by atoms with E-state index < -0.39 is 15.9 Å². The molecule has 1 amide bonds. The number of halogens is 1. The normalized spacial score (nSPS) is 12.0. The van der Waals surface area contributed by atoms with E-state index in [1.165, 1.54) is 4.31 Å². The minimum atomic E-state index is -4.03. The molecule has 0 heterocycles. The molecule has 0 saturated heterocycles. The Morgan fingerprint density at radius 2 is 1.55 bits per heavy atom. The molecule has 4 rings (SSSR count). The van der Waals surface area contributed by atoms with E-state index in [0.29, 0.717) is 10.8 Å². The lowest BCUT2D eigenvalue weighted by Gasteiger charge is -2.27. The number of benzene rings is 4. The van der Waals surface area contributed by atoms with Gasteiger partial charge in [0.15, 0.2) is 0 Å². The lowest BCUT2D eigenvalue weighted by atomic mass is 10.1. The van der Waals surface area contributed by atoms with Crippen LogP contribution in [0.15, 0.2) is 102 Å². The summed E-state index contributed by atoms with van der Waals surface area (Å²) in [5, 5.41) is 3.54. The van der Waals surface area contributed by atoms with Crippen molar-refractivity contribution < 1.29 is 17.9 Å². The third kappa shape index (κ3) is 6.01. The Balaban J connectivity index is 1.75. The summed E-state index contributed by atoms with van der Waals surface area (Å²) in [4.78, 5) is 13.7. The van der Waals surface area contributed by atoms with Crippen molar-refractivity contribution in [3.8, 4) is 5.75 Å². The average Bonchev–Trinajstić information content (AvgIpc) is 2.92. The summed E-state index contributed by atoms with van der Waals surface area (Å²) in [5.74, 6) is 0.249. The molecule has 0 saturated carbocycles. The first-order chi connectivity index (χ1) is 18.2. The number of nitrogens with zero attached hydrogens (tertiary/aromatic N) is 1. The van der Waals surface area contributed by atoms with Gasteiger partial charge in [-0.15, -0.1) is 0 Å². The SMILES string of the molecule is COc1ccccc1C(C)NC(=O)c1ccccc1N(Cc1ccc(Cl)cc1)S(=O)(=O)c1ccc(C)cc1. The fourth-order valence-corrected chi connectivity index (χ4v) is 5.75. The highest BCUT2D eigenvalue weighted by Gasteiger charge is 2.29. The van der Waals surface area contributed by atoms with E-state index in [1.807, 2.05) is 38.1 Å². The van der Waals surface area contributed by atoms with Crippen LogP contribution in [-0.4, -0.2) is 21.4 Å². The van der Waals surface area contributed by atoms with Crippen molar-refractivity contribution >= 4 is 33.2 Å². The molecule has 6 nitrogen and oxygen atoms in total. The molecule has 0 aromatic heterocycles. The van der Waals surface area contributed by atoms with Crippen LogP contribution in [0.5, 0.6) is 5.75 Å². The lowest BCUT2D eigenvalue weighted by molar-refractivity contribution is 0.0940. The van der Waals surface area contributed by atoms with Gasteiger partial charge in [-0.2, -0.15) is 0 Å². The zero-order valence-electron chi connectivity index (χ0n) is 21.4. The minimum absolute atomic E-state index is 0.0136. The number of carbonyl (C=O) groups is 1. The molecule has 1 atom stereocenters. The van der Waals surface area contributed by atoms with Gasteiger partial charge in [-0.25, -0.2) is 8.42 Å². The zero-order valence-corrected chi connectivity index (χ0v) is 23.0. The van der Waals surface area contributed by atoms with E-state index in [0.717, 1.165) is 16.7 Å². The van der Waals surface area contributed by atoms with Crippen LogP contribution in [-0.2, 0) is 16.6 Å². The summed E-state index contributed by atoms with van der Waals surface area (Å²) in [6.07, 6.45) is 0. The van der Waals surface area contributed by atoms with Gasteiger partial charge < -0.3 is 10.1 Å². The second-order valence-corrected chi connectivity index (χ2v) is 11.2. The first-order valence-corrected chi connectivity index (χ1v) is 13.9. The van der Waals surface area contributed by atoms with Crippen LogP contribution in [0.2, 0.25) is 5.02 Å². The van der Waals surface area contributed by atoms with Crippen LogP contribution in [0.1, 0.15) is 40.0 Å². The molecule has 0 radical (unpaired) electrons. The highest BCUT2D eigenvalue weighted by Crippen LogP contribution is 2.31. The van der Waals surface area contributed by atoms with Crippen LogP contribution in [0.4, 0.5) is 5.69 Å². The molecule has 0 spiro atoms. The summed E-state index contributed by atoms with van der Waals surface area (Å²) >= 11 is 6.06. The standard InChI is InChI=1S/C30H29ClN2O4S/c1-21-12-18-25(19-13-21)38(35,36)33(20-23-14-16-24(31)17-15-23)28-10-6-4-9-27(28)30(34)32-22(2)26-8-5-7-11-29(26)37-3/h4-19,22H,20H2,1-3H3,(H,32,34). The predicted octanol–water partition coefficient (Wildman–Crippen LogP) is 6.54. The molecule has 1 unspecified atom stereocenters. The first kappa shape index (κ1) is 27.2. The van der Waals surface area contributed by atoms with Gasteiger partial charge in [0.25, 0.3) is 15.9 Å². The molecule has 196 valence electrons. The summed E-state index contributed by atoms with van der Waals surface area (Å²) in [5.41, 5.74) is 2.98. The number of nitrogens with one attached hydrogen (secondary N) is 1. The quantitative estimate of drug-likeness (QED) is 0.257. The number of hydrogen-bond donors (Lipinski definition) is 1. The maximum atomic E-state index is 14.0. The van der Waals surface area contributed by atoms with E-state index in [4.69, 9.17) is 16.3 Å². The highest BCUT2D eigenvalue weighted by atomic mass is 35.5. The molecule has 0 fully saturated rings. The number of ether oxygens (including phenoxy) is 1. The molecule has 38 heavy (non-hydrogen) atoms. The monoisotopic (exact) mass is 548 g/mol. The molecule has 8 heteroatoms. The molecule has 0 aliphatic carbocycles. The van der Waals surface area contributed by atoms with Crippen LogP contribution in [0.3, 0.4) is 0 Å². The Labute approximate surface area is 228 Å². The van der Waals surface area contributed by atoms with E-state index in [9.17, 15) is 13.2 Å². The summed E-state index contributed by atoms with van der Waals surface area (Å²) < 4.78 is 34.6. The number of sulfonamides is 1. The largest absolute Gasteiger partial charge is 0.496 e. The van der Waals surface area contributed by atoms with Gasteiger partial charge in [0.1, 0.15) is 5.75 Å². The topological polar surface area (TPSA) is 75.7 Å². The van der Waals surface area contributed by atoms with E-state index in [-0.39, 0.29) is 28.7 Å². The van der Waals surface area contributed by atoms with E-state index in [1.54, 1.807) is 79.9 Å². The highest BCUT2D eigenvalue weighted by molar-refractivity contribution is 7.92. The summed E-state index contributed by atoms with van der Waals surface area (Å²) in [7, 11) is -2.45. The van der Waals surface area contributed by atoms with Crippen molar-refractivity contribution in [1.29, 1.82) is 0 Å². The third-order valence-electron chi connectivity index (χ3n) is 6.22. The number of amides is 1. The van der Waals surface area contributed by atoms with Crippen LogP contribution in [0, 0.1) is 6.92 Å². The van der Waals surface area contributed by atoms with Crippen molar-refractivity contribution in [2.75, 3.05) is 11.4 Å². The fraction of sp³-hybridized carbons (Fsp3) is 0.167. The van der Waals surface area contributed by atoms with Gasteiger partial charge in [0.2, 0.25) is 0 Å². The van der Waals surface area contributed by atoms with Gasteiger partial charge >= 0.3 is 0 Å². The number of hydrogen-bond acceptors (Lipinski definition) is 4. The minimum Gasteiger partial charge on any atom is -0.496 e.